The number of methoxy groups -OCH3 is 1. The predicted octanol–water partition coefficient (Wildman–Crippen LogP) is 4.21. The topological polar surface area (TPSA) is 88.4 Å². The molecule has 7 heteroatoms. The van der Waals surface area contributed by atoms with Gasteiger partial charge >= 0.3 is 5.97 Å². The average Bonchev–Trinajstić information content (AvgIpc) is 2.88. The lowest BCUT2D eigenvalue weighted by molar-refractivity contribution is -0.137. The van der Waals surface area contributed by atoms with E-state index in [1.807, 2.05) is 18.3 Å². The van der Waals surface area contributed by atoms with Crippen LogP contribution in [0.15, 0.2) is 48.9 Å². The van der Waals surface area contributed by atoms with Crippen LogP contribution in [0.1, 0.15) is 43.5 Å². The summed E-state index contributed by atoms with van der Waals surface area (Å²) in [6, 6.07) is 9.88. The van der Waals surface area contributed by atoms with Gasteiger partial charge in [0.1, 0.15) is 5.75 Å². The summed E-state index contributed by atoms with van der Waals surface area (Å²) in [7, 11) is 1.68. The largest absolute Gasteiger partial charge is 0.497 e. The number of hydrogen-bond donors (Lipinski definition) is 1. The van der Waals surface area contributed by atoms with Crippen molar-refractivity contribution < 1.29 is 14.6 Å². The van der Waals surface area contributed by atoms with Crippen molar-refractivity contribution in [3.8, 4) is 17.6 Å². The Balaban J connectivity index is 1.35. The van der Waals surface area contributed by atoms with Gasteiger partial charge in [-0.05, 0) is 92.3 Å². The number of rotatable bonds is 9. The normalized spacial score (nSPS) is 18.1. The van der Waals surface area contributed by atoms with Crippen LogP contribution in [-0.2, 0) is 11.2 Å². The van der Waals surface area contributed by atoms with Crippen LogP contribution in [0.4, 0.5) is 0 Å². The van der Waals surface area contributed by atoms with Gasteiger partial charge in [0.2, 0.25) is 5.82 Å². The number of carbonyl (C=O) groups is 1. The van der Waals surface area contributed by atoms with Gasteiger partial charge in [-0.25, -0.2) is 9.97 Å². The van der Waals surface area contributed by atoms with Crippen molar-refractivity contribution in [3.05, 3.63) is 60.3 Å². The Labute approximate surface area is 206 Å². The minimum Gasteiger partial charge on any atom is -0.497 e. The fourth-order valence-electron chi connectivity index (χ4n) is 4.99. The van der Waals surface area contributed by atoms with Gasteiger partial charge in [0.05, 0.1) is 19.2 Å². The maximum atomic E-state index is 11.3. The van der Waals surface area contributed by atoms with Crippen molar-refractivity contribution in [2.45, 2.75) is 38.5 Å². The molecule has 1 aliphatic heterocycles. The summed E-state index contributed by atoms with van der Waals surface area (Å²) < 4.78 is 5.40. The molecule has 0 amide bonds. The first-order valence-corrected chi connectivity index (χ1v) is 12.2. The molecular weight excluding hydrogens is 440 g/mol. The molecule has 2 atom stereocenters. The van der Waals surface area contributed by atoms with E-state index in [9.17, 15) is 9.90 Å². The maximum Gasteiger partial charge on any atom is 0.303 e. The number of carboxylic acid groups (broad SMARTS) is 1. The summed E-state index contributed by atoms with van der Waals surface area (Å²) in [6.45, 7) is 2.52. The second-order valence-electron chi connectivity index (χ2n) is 9.10. The zero-order chi connectivity index (χ0) is 24.5. The van der Waals surface area contributed by atoms with Gasteiger partial charge in [-0.1, -0.05) is 5.92 Å². The van der Waals surface area contributed by atoms with Crippen LogP contribution in [0.25, 0.3) is 10.9 Å². The Morgan fingerprint density at radius 2 is 2.00 bits per heavy atom. The fraction of sp³-hybridized carbons (Fsp3) is 0.429. The first kappa shape index (κ1) is 24.6. The number of aliphatic carboxylic acids is 1. The summed E-state index contributed by atoms with van der Waals surface area (Å²) in [6.07, 6.45) is 10.4. The van der Waals surface area contributed by atoms with Crippen LogP contribution in [0.2, 0.25) is 0 Å². The van der Waals surface area contributed by atoms with Crippen molar-refractivity contribution >= 4 is 16.9 Å². The molecule has 1 aliphatic rings. The highest BCUT2D eigenvalue weighted by Crippen LogP contribution is 2.32. The minimum absolute atomic E-state index is 0.216. The third-order valence-corrected chi connectivity index (χ3v) is 6.83. The van der Waals surface area contributed by atoms with E-state index in [1.54, 1.807) is 25.6 Å². The van der Waals surface area contributed by atoms with Crippen molar-refractivity contribution in [2.75, 3.05) is 26.7 Å². The lowest BCUT2D eigenvalue weighted by Crippen LogP contribution is -2.41. The van der Waals surface area contributed by atoms with E-state index in [0.29, 0.717) is 30.6 Å². The maximum absolute atomic E-state index is 11.3. The van der Waals surface area contributed by atoms with Crippen LogP contribution in [0.3, 0.4) is 0 Å². The number of nitrogens with zero attached hydrogens (tertiary/aromatic N) is 4. The van der Waals surface area contributed by atoms with Gasteiger partial charge in [-0.15, -0.1) is 0 Å². The number of ether oxygens (including phenoxy) is 1. The standard InChI is InChI=1S/C28H32N4O3/c1-35-24-9-10-26-25(19-24)22(12-16-29-26)6-2-5-21-13-18-32(20-23(21)8-11-28(33)34)17-3-7-27-30-14-4-15-31-27/h4,9-10,12,14-16,19,21,23H,2,5-6,8,11,13,17-18,20H2,1H3,(H,33,34)/t21-,23+/m1/s1. The molecule has 0 spiro atoms. The average molecular weight is 473 g/mol. The molecule has 1 N–H and O–H groups in total. The second kappa shape index (κ2) is 12.3. The highest BCUT2D eigenvalue weighted by atomic mass is 16.5. The summed E-state index contributed by atoms with van der Waals surface area (Å²) in [5, 5.41) is 10.4. The lowest BCUT2D eigenvalue weighted by atomic mass is 9.79. The van der Waals surface area contributed by atoms with Crippen molar-refractivity contribution in [1.82, 2.24) is 19.9 Å². The summed E-state index contributed by atoms with van der Waals surface area (Å²) in [5.41, 5.74) is 2.27. The highest BCUT2D eigenvalue weighted by Gasteiger charge is 2.29. The Kier molecular flexibility index (Phi) is 8.63. The summed E-state index contributed by atoms with van der Waals surface area (Å²) in [5.74, 6) is 7.75. The number of aromatic nitrogens is 3. The first-order valence-electron chi connectivity index (χ1n) is 12.2. The van der Waals surface area contributed by atoms with Crippen LogP contribution < -0.4 is 4.74 Å². The molecule has 35 heavy (non-hydrogen) atoms. The van der Waals surface area contributed by atoms with Crippen LogP contribution in [-0.4, -0.2) is 57.7 Å². The number of piperidine rings is 1. The van der Waals surface area contributed by atoms with E-state index in [0.717, 1.165) is 55.4 Å². The lowest BCUT2D eigenvalue weighted by Gasteiger charge is -2.38. The first-order chi connectivity index (χ1) is 17.1. The predicted molar refractivity (Wildman–Crippen MR) is 135 cm³/mol. The molecular formula is C28H32N4O3. The zero-order valence-electron chi connectivity index (χ0n) is 20.2. The van der Waals surface area contributed by atoms with Crippen molar-refractivity contribution in [3.63, 3.8) is 0 Å². The van der Waals surface area contributed by atoms with E-state index >= 15 is 0 Å². The molecule has 0 unspecified atom stereocenters. The quantitative estimate of drug-likeness (QED) is 0.467. The van der Waals surface area contributed by atoms with Gasteiger partial charge in [-0.3, -0.25) is 14.7 Å². The molecule has 4 rings (SSSR count). The number of pyridine rings is 1. The molecule has 0 radical (unpaired) electrons. The number of hydrogen-bond acceptors (Lipinski definition) is 6. The molecule has 1 aromatic carbocycles. The molecule has 7 nitrogen and oxygen atoms in total. The van der Waals surface area contributed by atoms with Gasteiger partial charge in [0.25, 0.3) is 0 Å². The smallest absolute Gasteiger partial charge is 0.303 e. The molecule has 1 saturated heterocycles. The van der Waals surface area contributed by atoms with E-state index in [4.69, 9.17) is 4.74 Å². The van der Waals surface area contributed by atoms with Crippen LogP contribution in [0.5, 0.6) is 5.75 Å². The van der Waals surface area contributed by atoms with Crippen LogP contribution >= 0.6 is 0 Å². The van der Waals surface area contributed by atoms with E-state index in [1.165, 1.54) is 5.56 Å². The number of benzene rings is 1. The molecule has 0 bridgehead atoms. The summed E-state index contributed by atoms with van der Waals surface area (Å²) in [4.78, 5) is 26.4. The monoisotopic (exact) mass is 472 g/mol. The Morgan fingerprint density at radius 1 is 1.14 bits per heavy atom. The number of aryl methyl sites for hydroxylation is 1. The van der Waals surface area contributed by atoms with Gasteiger partial charge in [0, 0.05) is 36.9 Å². The minimum atomic E-state index is -0.723. The van der Waals surface area contributed by atoms with Gasteiger partial charge < -0.3 is 9.84 Å². The number of likely N-dealkylation sites (tertiary alicyclic amines) is 1. The molecule has 0 saturated carbocycles. The molecule has 3 aromatic rings. The van der Waals surface area contributed by atoms with E-state index in [2.05, 4.69) is 43.8 Å². The van der Waals surface area contributed by atoms with Gasteiger partial charge in [0.15, 0.2) is 0 Å². The van der Waals surface area contributed by atoms with Crippen LogP contribution in [0, 0.1) is 23.7 Å². The third-order valence-electron chi connectivity index (χ3n) is 6.83. The van der Waals surface area contributed by atoms with Gasteiger partial charge in [-0.2, -0.15) is 0 Å². The number of carboxylic acids is 1. The Hall–Kier alpha value is -3.50. The third kappa shape index (κ3) is 7.00. The Bertz CT molecular complexity index is 1190. The summed E-state index contributed by atoms with van der Waals surface area (Å²) >= 11 is 0. The molecule has 2 aromatic heterocycles. The SMILES string of the molecule is COc1ccc2nccc(CCC[C@@H]3CCN(CC#Cc4ncccn4)C[C@@H]3CCC(=O)O)c2c1. The van der Waals surface area contributed by atoms with E-state index < -0.39 is 5.97 Å². The Morgan fingerprint density at radius 3 is 2.80 bits per heavy atom. The molecule has 182 valence electrons. The highest BCUT2D eigenvalue weighted by molar-refractivity contribution is 5.83. The number of fused-ring (bicyclic) bond motifs is 1. The zero-order valence-corrected chi connectivity index (χ0v) is 20.2. The molecule has 3 heterocycles. The van der Waals surface area contributed by atoms with E-state index in [-0.39, 0.29) is 6.42 Å². The molecule has 0 aliphatic carbocycles. The molecule has 1 fully saturated rings. The van der Waals surface area contributed by atoms with Crippen molar-refractivity contribution in [2.24, 2.45) is 11.8 Å². The second-order valence-corrected chi connectivity index (χ2v) is 9.10. The fourth-order valence-corrected chi connectivity index (χ4v) is 4.99. The van der Waals surface area contributed by atoms with Crippen molar-refractivity contribution in [1.29, 1.82) is 0 Å².